The number of aromatic nitrogens is 2. The zero-order valence-electron chi connectivity index (χ0n) is 11.0. The van der Waals surface area contributed by atoms with E-state index in [1.165, 1.54) is 6.08 Å². The number of aromatic amines is 1. The number of hydrogen-bond acceptors (Lipinski definition) is 2. The van der Waals surface area contributed by atoms with Crippen LogP contribution in [0.5, 0.6) is 0 Å². The molecule has 6 heteroatoms. The number of halogens is 2. The van der Waals surface area contributed by atoms with E-state index in [2.05, 4.69) is 15.5 Å². The summed E-state index contributed by atoms with van der Waals surface area (Å²) in [5.74, 6) is 0.220. The molecule has 1 aromatic carbocycles. The molecular weight excluding hydrogens is 297 g/mol. The molecule has 2 N–H and O–H groups in total. The molecule has 1 aromatic heterocycles. The number of aryl methyl sites for hydroxylation is 1. The fraction of sp³-hybridized carbons (Fsp3) is 0.143. The Labute approximate surface area is 126 Å². The predicted molar refractivity (Wildman–Crippen MR) is 82.2 cm³/mol. The molecule has 4 nitrogen and oxygen atoms in total. The lowest BCUT2D eigenvalue weighted by molar-refractivity contribution is -0.111. The predicted octanol–water partition coefficient (Wildman–Crippen LogP) is 3.99. The maximum Gasteiger partial charge on any atom is 0.249 e. The van der Waals surface area contributed by atoms with Gasteiger partial charge in [0.1, 0.15) is 0 Å². The Hall–Kier alpha value is -1.78. The summed E-state index contributed by atoms with van der Waals surface area (Å²) in [5, 5.41) is 10.5. The maximum absolute atomic E-state index is 11.8. The van der Waals surface area contributed by atoms with Crippen LogP contribution in [0.2, 0.25) is 10.0 Å². The van der Waals surface area contributed by atoms with Crippen LogP contribution in [0.4, 0.5) is 5.82 Å². The third kappa shape index (κ3) is 3.21. The largest absolute Gasteiger partial charge is 0.305 e. The molecule has 0 saturated heterocycles. The van der Waals surface area contributed by atoms with Crippen LogP contribution in [0.1, 0.15) is 16.8 Å². The Morgan fingerprint density at radius 1 is 1.30 bits per heavy atom. The minimum atomic E-state index is -0.296. The molecule has 0 aliphatic carbocycles. The van der Waals surface area contributed by atoms with Crippen molar-refractivity contribution in [2.45, 2.75) is 13.8 Å². The van der Waals surface area contributed by atoms with Crippen LogP contribution < -0.4 is 5.32 Å². The summed E-state index contributed by atoms with van der Waals surface area (Å²) in [6.45, 7) is 3.76. The molecule has 1 heterocycles. The van der Waals surface area contributed by atoms with Crippen LogP contribution in [-0.2, 0) is 4.79 Å². The van der Waals surface area contributed by atoms with Gasteiger partial charge in [-0.05, 0) is 32.1 Å². The van der Waals surface area contributed by atoms with E-state index in [1.54, 1.807) is 24.3 Å². The summed E-state index contributed by atoms with van der Waals surface area (Å²) in [6, 6.07) is 5.18. The minimum Gasteiger partial charge on any atom is -0.305 e. The third-order valence-electron chi connectivity index (χ3n) is 2.90. The molecule has 20 heavy (non-hydrogen) atoms. The van der Waals surface area contributed by atoms with Gasteiger partial charge in [-0.15, -0.1) is 0 Å². The molecule has 104 valence electrons. The van der Waals surface area contributed by atoms with Gasteiger partial charge in [-0.1, -0.05) is 29.3 Å². The van der Waals surface area contributed by atoms with Crippen molar-refractivity contribution in [3.63, 3.8) is 0 Å². The molecule has 0 bridgehead atoms. The number of rotatable bonds is 3. The van der Waals surface area contributed by atoms with Crippen molar-refractivity contribution in [1.82, 2.24) is 10.2 Å². The first-order valence-electron chi connectivity index (χ1n) is 5.93. The second kappa shape index (κ2) is 6.11. The zero-order chi connectivity index (χ0) is 14.7. The van der Waals surface area contributed by atoms with Crippen LogP contribution in [0.3, 0.4) is 0 Å². The number of benzene rings is 1. The smallest absolute Gasteiger partial charge is 0.249 e. The van der Waals surface area contributed by atoms with Crippen molar-refractivity contribution in [2.24, 2.45) is 0 Å². The first-order chi connectivity index (χ1) is 9.49. The molecule has 0 saturated carbocycles. The topological polar surface area (TPSA) is 57.8 Å². The highest BCUT2D eigenvalue weighted by Crippen LogP contribution is 2.25. The Bertz CT molecular complexity index is 657. The van der Waals surface area contributed by atoms with E-state index in [-0.39, 0.29) is 5.91 Å². The lowest BCUT2D eigenvalue weighted by Crippen LogP contribution is -2.09. The average molecular weight is 310 g/mol. The van der Waals surface area contributed by atoms with Crippen molar-refractivity contribution in [3.8, 4) is 0 Å². The fourth-order valence-corrected chi connectivity index (χ4v) is 2.12. The molecule has 0 radical (unpaired) electrons. The second-order valence-corrected chi connectivity index (χ2v) is 5.09. The summed E-state index contributed by atoms with van der Waals surface area (Å²) in [4.78, 5) is 11.8. The summed E-state index contributed by atoms with van der Waals surface area (Å²) < 4.78 is 0. The van der Waals surface area contributed by atoms with Crippen LogP contribution >= 0.6 is 23.2 Å². The standard InChI is InChI=1S/C14H13Cl2N3O/c1-8-9(2)18-19-14(8)17-13(20)7-6-10-11(15)4-3-5-12(10)16/h3-7H,1-2H3,(H2,17,18,19,20)/b7-6+. The molecule has 0 atom stereocenters. The van der Waals surface area contributed by atoms with Crippen molar-refractivity contribution >= 4 is 41.0 Å². The Morgan fingerprint density at radius 3 is 2.50 bits per heavy atom. The first-order valence-corrected chi connectivity index (χ1v) is 6.69. The fourth-order valence-electron chi connectivity index (χ4n) is 1.59. The van der Waals surface area contributed by atoms with E-state index in [4.69, 9.17) is 23.2 Å². The Balaban J connectivity index is 2.12. The minimum absolute atomic E-state index is 0.296. The third-order valence-corrected chi connectivity index (χ3v) is 3.55. The van der Waals surface area contributed by atoms with Crippen molar-refractivity contribution in [1.29, 1.82) is 0 Å². The van der Waals surface area contributed by atoms with Gasteiger partial charge in [0.25, 0.3) is 0 Å². The van der Waals surface area contributed by atoms with Crippen molar-refractivity contribution in [3.05, 3.63) is 51.1 Å². The lowest BCUT2D eigenvalue weighted by Gasteiger charge is -2.01. The van der Waals surface area contributed by atoms with Gasteiger partial charge in [-0.25, -0.2) is 0 Å². The molecular formula is C14H13Cl2N3O. The first kappa shape index (κ1) is 14.6. The van der Waals surface area contributed by atoms with Gasteiger partial charge >= 0.3 is 0 Å². The monoisotopic (exact) mass is 309 g/mol. The highest BCUT2D eigenvalue weighted by Gasteiger charge is 2.08. The van der Waals surface area contributed by atoms with Crippen molar-refractivity contribution < 1.29 is 4.79 Å². The molecule has 1 amide bonds. The second-order valence-electron chi connectivity index (χ2n) is 4.28. The molecule has 0 spiro atoms. The number of carbonyl (C=O) groups is 1. The number of nitrogens with zero attached hydrogens (tertiary/aromatic N) is 1. The summed E-state index contributed by atoms with van der Waals surface area (Å²) in [6.07, 6.45) is 2.95. The average Bonchev–Trinajstić information content (AvgIpc) is 2.70. The highest BCUT2D eigenvalue weighted by molar-refractivity contribution is 6.37. The van der Waals surface area contributed by atoms with Gasteiger partial charge in [0, 0.05) is 32.9 Å². The van der Waals surface area contributed by atoms with E-state index in [9.17, 15) is 4.79 Å². The van der Waals surface area contributed by atoms with Crippen molar-refractivity contribution in [2.75, 3.05) is 5.32 Å². The zero-order valence-corrected chi connectivity index (χ0v) is 12.5. The van der Waals surface area contributed by atoms with E-state index in [1.807, 2.05) is 13.8 Å². The van der Waals surface area contributed by atoms with Crippen LogP contribution in [0.25, 0.3) is 6.08 Å². The highest BCUT2D eigenvalue weighted by atomic mass is 35.5. The van der Waals surface area contributed by atoms with Gasteiger partial charge in [0.05, 0.1) is 0 Å². The summed E-state index contributed by atoms with van der Waals surface area (Å²) >= 11 is 12.0. The molecule has 2 aromatic rings. The molecule has 0 aliphatic rings. The number of anilines is 1. The van der Waals surface area contributed by atoms with E-state index in [0.717, 1.165) is 11.3 Å². The SMILES string of the molecule is Cc1[nH]nc(NC(=O)/C=C/c2c(Cl)cccc2Cl)c1C. The Kier molecular flexibility index (Phi) is 4.47. The van der Waals surface area contributed by atoms with Crippen LogP contribution in [-0.4, -0.2) is 16.1 Å². The molecule has 2 rings (SSSR count). The molecule has 0 fully saturated rings. The quantitative estimate of drug-likeness (QED) is 0.842. The normalized spacial score (nSPS) is 11.0. The molecule has 0 unspecified atom stereocenters. The van der Waals surface area contributed by atoms with Gasteiger partial charge < -0.3 is 5.32 Å². The maximum atomic E-state index is 11.8. The van der Waals surface area contributed by atoms with E-state index >= 15 is 0 Å². The van der Waals surface area contributed by atoms with E-state index in [0.29, 0.717) is 21.4 Å². The summed E-state index contributed by atoms with van der Waals surface area (Å²) in [5.41, 5.74) is 2.43. The van der Waals surface area contributed by atoms with E-state index < -0.39 is 0 Å². The summed E-state index contributed by atoms with van der Waals surface area (Å²) in [7, 11) is 0. The van der Waals surface area contributed by atoms with Gasteiger partial charge in [0.2, 0.25) is 5.91 Å². The molecule has 0 aliphatic heterocycles. The number of amides is 1. The van der Waals surface area contributed by atoms with Gasteiger partial charge in [0.15, 0.2) is 5.82 Å². The number of nitrogens with one attached hydrogen (secondary N) is 2. The van der Waals surface area contributed by atoms with Gasteiger partial charge in [-0.3, -0.25) is 9.89 Å². The van der Waals surface area contributed by atoms with Crippen LogP contribution in [0.15, 0.2) is 24.3 Å². The number of H-pyrrole nitrogens is 1. The van der Waals surface area contributed by atoms with Gasteiger partial charge in [-0.2, -0.15) is 5.10 Å². The Morgan fingerprint density at radius 2 is 1.95 bits per heavy atom. The number of carbonyl (C=O) groups excluding carboxylic acids is 1. The lowest BCUT2D eigenvalue weighted by atomic mass is 10.2. The number of hydrogen-bond donors (Lipinski definition) is 2. The van der Waals surface area contributed by atoms with Crippen LogP contribution in [0, 0.1) is 13.8 Å².